The van der Waals surface area contributed by atoms with E-state index in [4.69, 9.17) is 5.73 Å². The van der Waals surface area contributed by atoms with E-state index in [9.17, 15) is 14.4 Å². The van der Waals surface area contributed by atoms with Gasteiger partial charge in [-0.15, -0.1) is 11.3 Å². The number of nitrogens with one attached hydrogen (secondary N) is 2. The third-order valence-corrected chi connectivity index (χ3v) is 5.30. The van der Waals surface area contributed by atoms with Crippen LogP contribution < -0.4 is 11.1 Å². The summed E-state index contributed by atoms with van der Waals surface area (Å²) in [5.41, 5.74) is 7.19. The van der Waals surface area contributed by atoms with Crippen molar-refractivity contribution in [2.75, 3.05) is 18.4 Å². The molecular weight excluding hydrogens is 366 g/mol. The van der Waals surface area contributed by atoms with Crippen LogP contribution in [0, 0.1) is 5.92 Å². The van der Waals surface area contributed by atoms with Gasteiger partial charge < -0.3 is 20.9 Å². The molecule has 2 aromatic heterocycles. The lowest BCUT2D eigenvalue weighted by Crippen LogP contribution is -2.54. The summed E-state index contributed by atoms with van der Waals surface area (Å²) in [5, 5.41) is 5.73. The van der Waals surface area contributed by atoms with Gasteiger partial charge in [0.25, 0.3) is 5.91 Å². The number of amides is 3. The smallest absolute Gasteiger partial charge is 0.256 e. The Balaban J connectivity index is 1.35. The fraction of sp³-hybridized carbons (Fsp3) is 0.222. The van der Waals surface area contributed by atoms with E-state index < -0.39 is 5.91 Å². The average Bonchev–Trinajstić information content (AvgIpc) is 3.19. The zero-order valence-electron chi connectivity index (χ0n) is 14.3. The number of rotatable bonds is 5. The lowest BCUT2D eigenvalue weighted by molar-refractivity contribution is -0.123. The number of aromatic nitrogens is 2. The molecule has 0 unspecified atom stereocenters. The number of likely N-dealkylation sites (tertiary alicyclic amines) is 1. The van der Waals surface area contributed by atoms with Gasteiger partial charge in [0.15, 0.2) is 5.13 Å². The number of hydrogen-bond acceptors (Lipinski definition) is 5. The molecule has 0 bridgehead atoms. The Kier molecular flexibility index (Phi) is 4.36. The van der Waals surface area contributed by atoms with Crippen LogP contribution in [0.15, 0.2) is 35.8 Å². The van der Waals surface area contributed by atoms with E-state index in [-0.39, 0.29) is 24.2 Å². The predicted molar refractivity (Wildman–Crippen MR) is 101 cm³/mol. The maximum atomic E-state index is 12.7. The number of H-pyrrole nitrogens is 1. The number of nitrogens with two attached hydrogens (primary N) is 1. The van der Waals surface area contributed by atoms with Gasteiger partial charge in [0.1, 0.15) is 0 Å². The summed E-state index contributed by atoms with van der Waals surface area (Å²) in [6, 6.07) is 7.61. The highest BCUT2D eigenvalue weighted by atomic mass is 32.1. The van der Waals surface area contributed by atoms with Crippen molar-refractivity contribution in [1.82, 2.24) is 14.9 Å². The van der Waals surface area contributed by atoms with E-state index in [1.165, 1.54) is 11.3 Å². The second-order valence-corrected chi connectivity index (χ2v) is 7.29. The van der Waals surface area contributed by atoms with Crippen molar-refractivity contribution >= 4 is 45.1 Å². The molecule has 1 fully saturated rings. The molecular formula is C18H17N5O3S. The molecule has 9 heteroatoms. The topological polar surface area (TPSA) is 121 Å². The number of carbonyl (C=O) groups is 3. The Labute approximate surface area is 158 Å². The van der Waals surface area contributed by atoms with Crippen LogP contribution in [0.5, 0.6) is 0 Å². The molecule has 4 N–H and O–H groups in total. The van der Waals surface area contributed by atoms with Gasteiger partial charge in [0.2, 0.25) is 11.8 Å². The molecule has 1 aromatic carbocycles. The van der Waals surface area contributed by atoms with E-state index in [0.717, 1.165) is 10.9 Å². The molecule has 1 saturated heterocycles. The van der Waals surface area contributed by atoms with Crippen LogP contribution in [-0.4, -0.2) is 45.7 Å². The van der Waals surface area contributed by atoms with Crippen LogP contribution in [0.1, 0.15) is 16.1 Å². The number of para-hydroxylation sites is 1. The summed E-state index contributed by atoms with van der Waals surface area (Å²) >= 11 is 1.24. The van der Waals surface area contributed by atoms with E-state index in [1.807, 2.05) is 24.3 Å². The van der Waals surface area contributed by atoms with Crippen molar-refractivity contribution in [1.29, 1.82) is 0 Å². The molecule has 0 spiro atoms. The van der Waals surface area contributed by atoms with Crippen LogP contribution in [0.4, 0.5) is 5.13 Å². The largest absolute Gasteiger partial charge is 0.369 e. The lowest BCUT2D eigenvalue weighted by Gasteiger charge is -2.37. The molecule has 0 aliphatic carbocycles. The van der Waals surface area contributed by atoms with E-state index in [2.05, 4.69) is 15.3 Å². The number of anilines is 1. The highest BCUT2D eigenvalue weighted by molar-refractivity contribution is 7.13. The summed E-state index contributed by atoms with van der Waals surface area (Å²) in [7, 11) is 0. The molecule has 1 aliphatic rings. The van der Waals surface area contributed by atoms with Gasteiger partial charge in [-0.3, -0.25) is 14.4 Å². The highest BCUT2D eigenvalue weighted by Gasteiger charge is 2.37. The first-order valence-corrected chi connectivity index (χ1v) is 9.28. The Morgan fingerprint density at radius 2 is 2.07 bits per heavy atom. The minimum Gasteiger partial charge on any atom is -0.369 e. The number of hydrogen-bond donors (Lipinski definition) is 3. The van der Waals surface area contributed by atoms with Gasteiger partial charge in [-0.1, -0.05) is 18.2 Å². The Bertz CT molecular complexity index is 1030. The van der Waals surface area contributed by atoms with Gasteiger partial charge in [-0.05, 0) is 6.07 Å². The first-order valence-electron chi connectivity index (χ1n) is 8.40. The summed E-state index contributed by atoms with van der Waals surface area (Å²) < 4.78 is 0. The van der Waals surface area contributed by atoms with Crippen molar-refractivity contribution in [3.63, 3.8) is 0 Å². The summed E-state index contributed by atoms with van der Waals surface area (Å²) in [6.45, 7) is 0.730. The number of nitrogens with zero attached hydrogens (tertiary/aromatic N) is 2. The maximum Gasteiger partial charge on any atom is 0.256 e. The second kappa shape index (κ2) is 6.84. The van der Waals surface area contributed by atoms with E-state index in [0.29, 0.717) is 29.5 Å². The number of thiazole rings is 1. The fourth-order valence-electron chi connectivity index (χ4n) is 3.06. The van der Waals surface area contributed by atoms with Gasteiger partial charge in [0, 0.05) is 35.6 Å². The van der Waals surface area contributed by atoms with Gasteiger partial charge in [-0.25, -0.2) is 4.98 Å². The van der Waals surface area contributed by atoms with E-state index in [1.54, 1.807) is 16.5 Å². The van der Waals surface area contributed by atoms with Gasteiger partial charge >= 0.3 is 0 Å². The molecule has 3 aromatic rings. The third-order valence-electron chi connectivity index (χ3n) is 4.50. The first kappa shape index (κ1) is 17.2. The van der Waals surface area contributed by atoms with Crippen LogP contribution >= 0.6 is 11.3 Å². The SMILES string of the molecule is NC(=O)Cc1csc(NC(=O)C2CN(C(=O)c3c[nH]c4ccccc34)C2)n1. The Hall–Kier alpha value is -3.20. The molecule has 0 atom stereocenters. The highest BCUT2D eigenvalue weighted by Crippen LogP contribution is 2.25. The van der Waals surface area contributed by atoms with E-state index >= 15 is 0 Å². The molecule has 0 radical (unpaired) electrons. The lowest BCUT2D eigenvalue weighted by atomic mass is 9.98. The zero-order chi connectivity index (χ0) is 19.0. The summed E-state index contributed by atoms with van der Waals surface area (Å²) in [5.74, 6) is -1.02. The van der Waals surface area contributed by atoms with Crippen molar-refractivity contribution in [3.8, 4) is 0 Å². The van der Waals surface area contributed by atoms with Crippen LogP contribution in [0.3, 0.4) is 0 Å². The van der Waals surface area contributed by atoms with Crippen LogP contribution in [0.25, 0.3) is 10.9 Å². The van der Waals surface area contributed by atoms with Crippen molar-refractivity contribution < 1.29 is 14.4 Å². The minimum atomic E-state index is -0.469. The van der Waals surface area contributed by atoms with Crippen LogP contribution in [0.2, 0.25) is 0 Å². The predicted octanol–water partition coefficient (Wildman–Crippen LogP) is 1.36. The van der Waals surface area contributed by atoms with Crippen molar-refractivity contribution in [2.24, 2.45) is 11.7 Å². The molecule has 138 valence electrons. The molecule has 0 saturated carbocycles. The van der Waals surface area contributed by atoms with Crippen molar-refractivity contribution in [2.45, 2.75) is 6.42 Å². The Morgan fingerprint density at radius 3 is 2.85 bits per heavy atom. The molecule has 4 rings (SSSR count). The van der Waals surface area contributed by atoms with Gasteiger partial charge in [-0.2, -0.15) is 0 Å². The molecule has 1 aliphatic heterocycles. The van der Waals surface area contributed by atoms with Gasteiger partial charge in [0.05, 0.1) is 23.6 Å². The summed E-state index contributed by atoms with van der Waals surface area (Å²) in [6.07, 6.45) is 1.75. The second-order valence-electron chi connectivity index (χ2n) is 6.43. The maximum absolute atomic E-state index is 12.7. The fourth-order valence-corrected chi connectivity index (χ4v) is 3.77. The third kappa shape index (κ3) is 3.41. The Morgan fingerprint density at radius 1 is 1.30 bits per heavy atom. The minimum absolute atomic E-state index is 0.0443. The standard InChI is InChI=1S/C18H17N5O3S/c19-15(24)5-11-9-27-18(21-11)22-16(25)10-7-23(8-10)17(26)13-6-20-14-4-2-1-3-12(13)14/h1-4,6,9-10,20H,5,7-8H2,(H2,19,24)(H,21,22,25). The number of primary amides is 1. The molecule has 3 amide bonds. The first-order chi connectivity index (χ1) is 13.0. The molecule has 3 heterocycles. The molecule has 27 heavy (non-hydrogen) atoms. The van der Waals surface area contributed by atoms with Crippen LogP contribution in [-0.2, 0) is 16.0 Å². The number of aromatic amines is 1. The zero-order valence-corrected chi connectivity index (χ0v) is 15.1. The number of benzene rings is 1. The summed E-state index contributed by atoms with van der Waals surface area (Å²) in [4.78, 5) is 44.8. The van der Waals surface area contributed by atoms with Crippen molar-refractivity contribution in [3.05, 3.63) is 47.1 Å². The monoisotopic (exact) mass is 383 g/mol. The molecule has 8 nitrogen and oxygen atoms in total. The number of fused-ring (bicyclic) bond motifs is 1. The average molecular weight is 383 g/mol. The normalized spacial score (nSPS) is 14.1. The quantitative estimate of drug-likeness (QED) is 0.616. The number of carbonyl (C=O) groups excluding carboxylic acids is 3.